The van der Waals surface area contributed by atoms with E-state index in [0.717, 1.165) is 60.0 Å². The highest BCUT2D eigenvalue weighted by molar-refractivity contribution is 6.31. The lowest BCUT2D eigenvalue weighted by Gasteiger charge is -2.21. The Morgan fingerprint density at radius 3 is 2.76 bits per heavy atom. The zero-order valence-electron chi connectivity index (χ0n) is 21.6. The maximum absolute atomic E-state index is 13.1. The number of carbonyl (C=O) groups excluding carboxylic acids is 2. The monoisotopic (exact) mass is 529 g/mol. The molecule has 3 heterocycles. The van der Waals surface area contributed by atoms with Gasteiger partial charge in [0.2, 0.25) is 0 Å². The zero-order chi connectivity index (χ0) is 26.2. The number of hydrogen-bond acceptors (Lipinski definition) is 5. The summed E-state index contributed by atoms with van der Waals surface area (Å²) in [4.78, 5) is 38.7. The zero-order valence-corrected chi connectivity index (χ0v) is 22.4. The average molecular weight is 530 g/mol. The molecular formula is C30H32ClN5O2. The van der Waals surface area contributed by atoms with Crippen LogP contribution in [0.2, 0.25) is 5.02 Å². The number of imidazole rings is 1. The van der Waals surface area contributed by atoms with Gasteiger partial charge in [-0.25, -0.2) is 4.98 Å². The predicted molar refractivity (Wildman–Crippen MR) is 150 cm³/mol. The number of ketones is 1. The number of nitrogens with zero attached hydrogens (tertiary/aromatic N) is 3. The highest BCUT2D eigenvalue weighted by Gasteiger charge is 2.30. The summed E-state index contributed by atoms with van der Waals surface area (Å²) in [7, 11) is 0. The Morgan fingerprint density at radius 2 is 1.95 bits per heavy atom. The number of benzene rings is 2. The van der Waals surface area contributed by atoms with Crippen molar-refractivity contribution in [2.75, 3.05) is 26.2 Å². The number of likely N-dealkylation sites (tertiary alicyclic amines) is 1. The third-order valence-corrected chi connectivity index (χ3v) is 8.10. The maximum atomic E-state index is 13.1. The summed E-state index contributed by atoms with van der Waals surface area (Å²) in [5.74, 6) is 0.608. The molecule has 2 aliphatic heterocycles. The van der Waals surface area contributed by atoms with Gasteiger partial charge in [-0.15, -0.1) is 0 Å². The molecule has 0 radical (unpaired) electrons. The summed E-state index contributed by atoms with van der Waals surface area (Å²) in [5, 5.41) is 4.24. The number of aromatic amines is 1. The van der Waals surface area contributed by atoms with Gasteiger partial charge in [-0.3, -0.25) is 9.59 Å². The second kappa shape index (κ2) is 10.4. The van der Waals surface area contributed by atoms with Crippen LogP contribution in [0.15, 0.2) is 54.2 Å². The quantitative estimate of drug-likeness (QED) is 0.441. The van der Waals surface area contributed by atoms with Crippen LogP contribution in [0.3, 0.4) is 0 Å². The topological polar surface area (TPSA) is 81.3 Å². The number of nitrogens with one attached hydrogen (secondary N) is 2. The molecule has 0 bridgehead atoms. The standard InChI is InChI=1S/C30H32ClN5O2/c1-19(15-20-7-2-3-8-23(20)31)32-24-9-6-10-27(37)28(24)29-33-25-16-21-18-36(14-13-35-11-4-5-12-35)30(38)22(21)17-26(25)34-29/h2-3,6-9,16-17,19,32H,4-5,10-15,18H2,1H3,(H,33,34)/t19-/m0/s1. The fraction of sp³-hybridized carbons (Fsp3) is 0.367. The largest absolute Gasteiger partial charge is 0.382 e. The van der Waals surface area contributed by atoms with Crippen LogP contribution in [0.25, 0.3) is 16.6 Å². The predicted octanol–water partition coefficient (Wildman–Crippen LogP) is 4.73. The molecular weight excluding hydrogens is 498 g/mol. The molecule has 1 aromatic heterocycles. The molecule has 3 aromatic rings. The molecule has 38 heavy (non-hydrogen) atoms. The fourth-order valence-electron chi connectivity index (χ4n) is 5.76. The first kappa shape index (κ1) is 24.9. The minimum Gasteiger partial charge on any atom is -0.382 e. The third-order valence-electron chi connectivity index (χ3n) is 7.73. The van der Waals surface area contributed by atoms with Gasteiger partial charge >= 0.3 is 0 Å². The van der Waals surface area contributed by atoms with Gasteiger partial charge in [0.15, 0.2) is 5.78 Å². The molecule has 0 saturated carbocycles. The molecule has 2 aromatic carbocycles. The van der Waals surface area contributed by atoms with E-state index < -0.39 is 0 Å². The fourth-order valence-corrected chi connectivity index (χ4v) is 5.97. The number of halogens is 1. The number of aromatic nitrogens is 2. The highest BCUT2D eigenvalue weighted by atomic mass is 35.5. The first-order valence-electron chi connectivity index (χ1n) is 13.4. The first-order chi connectivity index (χ1) is 18.5. The molecule has 3 aliphatic rings. The van der Waals surface area contributed by atoms with Gasteiger partial charge in [0.05, 0.1) is 16.6 Å². The van der Waals surface area contributed by atoms with Crippen molar-refractivity contribution in [2.24, 2.45) is 0 Å². The molecule has 0 unspecified atom stereocenters. The molecule has 196 valence electrons. The molecule has 0 spiro atoms. The van der Waals surface area contributed by atoms with Crippen LogP contribution >= 0.6 is 11.6 Å². The third kappa shape index (κ3) is 4.88. The number of Topliss-reactive ketones (excluding diaryl/α,β-unsaturated/α-hetero) is 1. The summed E-state index contributed by atoms with van der Waals surface area (Å²) in [6.07, 6.45) is 7.38. The van der Waals surface area contributed by atoms with Gasteiger partial charge in [0.1, 0.15) is 5.82 Å². The van der Waals surface area contributed by atoms with Gasteiger partial charge in [-0.2, -0.15) is 0 Å². The van der Waals surface area contributed by atoms with Crippen LogP contribution in [0.1, 0.15) is 53.5 Å². The molecule has 1 aliphatic carbocycles. The van der Waals surface area contributed by atoms with Crippen molar-refractivity contribution < 1.29 is 9.59 Å². The van der Waals surface area contributed by atoms with E-state index in [1.54, 1.807) is 0 Å². The molecule has 8 heteroatoms. The van der Waals surface area contributed by atoms with Crippen molar-refractivity contribution in [1.29, 1.82) is 0 Å². The molecule has 1 atom stereocenters. The Bertz CT molecular complexity index is 1470. The van der Waals surface area contributed by atoms with Crippen LogP contribution in [-0.2, 0) is 17.8 Å². The van der Waals surface area contributed by atoms with E-state index in [0.29, 0.717) is 35.4 Å². The van der Waals surface area contributed by atoms with Crippen molar-refractivity contribution in [2.45, 2.75) is 45.2 Å². The smallest absolute Gasteiger partial charge is 0.254 e. The van der Waals surface area contributed by atoms with Crippen LogP contribution in [0.4, 0.5) is 0 Å². The van der Waals surface area contributed by atoms with Crippen LogP contribution in [-0.4, -0.2) is 63.7 Å². The Hall–Kier alpha value is -3.42. The summed E-state index contributed by atoms with van der Waals surface area (Å²) in [6, 6.07) is 11.8. The van der Waals surface area contributed by atoms with E-state index in [2.05, 4.69) is 22.1 Å². The van der Waals surface area contributed by atoms with Crippen LogP contribution in [0, 0.1) is 0 Å². The summed E-state index contributed by atoms with van der Waals surface area (Å²) >= 11 is 6.36. The number of rotatable bonds is 8. The number of hydrogen-bond donors (Lipinski definition) is 2. The molecule has 7 nitrogen and oxygen atoms in total. The Morgan fingerprint density at radius 1 is 1.13 bits per heavy atom. The number of fused-ring (bicyclic) bond motifs is 2. The Kier molecular flexibility index (Phi) is 6.80. The van der Waals surface area contributed by atoms with Crippen LogP contribution < -0.4 is 5.32 Å². The number of carbonyl (C=O) groups is 2. The first-order valence-corrected chi connectivity index (χ1v) is 13.8. The summed E-state index contributed by atoms with van der Waals surface area (Å²) in [6.45, 7) is 6.62. The molecule has 1 saturated heterocycles. The lowest BCUT2D eigenvalue weighted by molar-refractivity contribution is -0.113. The lowest BCUT2D eigenvalue weighted by Crippen LogP contribution is -2.33. The molecule has 1 fully saturated rings. The molecule has 6 rings (SSSR count). The normalized spacial score (nSPS) is 18.6. The van der Waals surface area contributed by atoms with Gasteiger partial charge in [-0.05, 0) is 74.7 Å². The number of amides is 1. The summed E-state index contributed by atoms with van der Waals surface area (Å²) in [5.41, 5.74) is 5.62. The van der Waals surface area contributed by atoms with Crippen molar-refractivity contribution in [3.05, 3.63) is 81.8 Å². The van der Waals surface area contributed by atoms with Gasteiger partial charge in [0.25, 0.3) is 5.91 Å². The van der Waals surface area contributed by atoms with E-state index in [1.807, 2.05) is 53.5 Å². The average Bonchev–Trinajstić information content (AvgIpc) is 3.62. The SMILES string of the molecule is C[C@@H](Cc1ccccc1Cl)NC1=C(c2nc3cc4c(cc3[nH]2)CN(CCN2CCCC2)C4=O)C(=O)CC=C1. The van der Waals surface area contributed by atoms with Gasteiger partial charge in [-0.1, -0.05) is 35.9 Å². The second-order valence-corrected chi connectivity index (χ2v) is 11.0. The van der Waals surface area contributed by atoms with Crippen molar-refractivity contribution in [3.8, 4) is 0 Å². The van der Waals surface area contributed by atoms with E-state index in [-0.39, 0.29) is 17.7 Å². The molecule has 2 N–H and O–H groups in total. The lowest BCUT2D eigenvalue weighted by atomic mass is 9.98. The number of allylic oxidation sites excluding steroid dienone is 3. The van der Waals surface area contributed by atoms with E-state index in [1.165, 1.54) is 12.8 Å². The maximum Gasteiger partial charge on any atom is 0.254 e. The Balaban J connectivity index is 1.23. The van der Waals surface area contributed by atoms with Crippen molar-refractivity contribution in [1.82, 2.24) is 25.1 Å². The number of H-pyrrole nitrogens is 1. The van der Waals surface area contributed by atoms with Crippen molar-refractivity contribution >= 4 is 39.9 Å². The van der Waals surface area contributed by atoms with E-state index in [9.17, 15) is 9.59 Å². The van der Waals surface area contributed by atoms with E-state index >= 15 is 0 Å². The molecule has 1 amide bonds. The van der Waals surface area contributed by atoms with Crippen LogP contribution in [0.5, 0.6) is 0 Å². The van der Waals surface area contributed by atoms with E-state index in [4.69, 9.17) is 16.6 Å². The summed E-state index contributed by atoms with van der Waals surface area (Å²) < 4.78 is 0. The van der Waals surface area contributed by atoms with Gasteiger partial charge in [0, 0.05) is 48.4 Å². The minimum atomic E-state index is 0.00991. The highest BCUT2D eigenvalue weighted by Crippen LogP contribution is 2.30. The van der Waals surface area contributed by atoms with Gasteiger partial charge < -0.3 is 20.1 Å². The Labute approximate surface area is 227 Å². The second-order valence-electron chi connectivity index (χ2n) is 10.5. The van der Waals surface area contributed by atoms with Crippen molar-refractivity contribution in [3.63, 3.8) is 0 Å². The minimum absolute atomic E-state index is 0.00991.